The van der Waals surface area contributed by atoms with Gasteiger partial charge in [0.15, 0.2) is 0 Å². The van der Waals surface area contributed by atoms with Crippen LogP contribution in [0.2, 0.25) is 0 Å². The molecule has 0 aliphatic heterocycles. The van der Waals surface area contributed by atoms with Crippen LogP contribution in [0.5, 0.6) is 0 Å². The topological polar surface area (TPSA) is 46.2 Å². The Balaban J connectivity index is 2.89. The van der Waals surface area contributed by atoms with Crippen molar-refractivity contribution in [3.05, 3.63) is 48.6 Å². The summed E-state index contributed by atoms with van der Waals surface area (Å²) in [7, 11) is -3.20. The highest BCUT2D eigenvalue weighted by atomic mass is 32.2. The summed E-state index contributed by atoms with van der Waals surface area (Å²) in [5, 5.41) is 0. The molecule has 0 aromatic heterocycles. The minimum atomic E-state index is -3.20. The maximum atomic E-state index is 11.0. The molecular weight excluding hydrogens is 198 g/mol. The van der Waals surface area contributed by atoms with Gasteiger partial charge < -0.3 is 0 Å². The van der Waals surface area contributed by atoms with Gasteiger partial charge in [-0.05, 0) is 5.56 Å². The first-order valence-corrected chi connectivity index (χ1v) is 6.07. The van der Waals surface area contributed by atoms with Crippen molar-refractivity contribution in [2.75, 3.05) is 6.26 Å². The van der Waals surface area contributed by atoms with E-state index in [1.807, 2.05) is 30.3 Å². The van der Waals surface area contributed by atoms with E-state index in [1.54, 1.807) is 6.08 Å². The molecular formula is C10H13NO2S. The molecule has 0 aliphatic carbocycles. The summed E-state index contributed by atoms with van der Waals surface area (Å²) >= 11 is 0. The predicted octanol–water partition coefficient (Wildman–Crippen LogP) is 1.46. The molecule has 76 valence electrons. The molecule has 1 unspecified atom stereocenters. The van der Waals surface area contributed by atoms with Crippen LogP contribution in [0.1, 0.15) is 11.6 Å². The van der Waals surface area contributed by atoms with Crippen molar-refractivity contribution in [3.63, 3.8) is 0 Å². The van der Waals surface area contributed by atoms with Gasteiger partial charge in [0.1, 0.15) is 0 Å². The van der Waals surface area contributed by atoms with E-state index in [0.717, 1.165) is 11.8 Å². The third-order valence-corrected chi connectivity index (χ3v) is 2.42. The van der Waals surface area contributed by atoms with Crippen molar-refractivity contribution in [1.82, 2.24) is 4.72 Å². The second kappa shape index (κ2) is 4.39. The smallest absolute Gasteiger partial charge is 0.209 e. The Morgan fingerprint density at radius 1 is 1.36 bits per heavy atom. The summed E-state index contributed by atoms with van der Waals surface area (Å²) in [6.45, 7) is 3.59. The fraction of sp³-hybridized carbons (Fsp3) is 0.200. The molecule has 0 radical (unpaired) electrons. The molecule has 3 nitrogen and oxygen atoms in total. The van der Waals surface area contributed by atoms with Crippen molar-refractivity contribution in [2.24, 2.45) is 0 Å². The van der Waals surface area contributed by atoms with Gasteiger partial charge in [0, 0.05) is 0 Å². The molecule has 0 saturated carbocycles. The number of hydrogen-bond acceptors (Lipinski definition) is 2. The summed E-state index contributed by atoms with van der Waals surface area (Å²) < 4.78 is 24.5. The van der Waals surface area contributed by atoms with Gasteiger partial charge in [-0.25, -0.2) is 13.1 Å². The van der Waals surface area contributed by atoms with E-state index in [0.29, 0.717) is 0 Å². The average molecular weight is 211 g/mol. The largest absolute Gasteiger partial charge is 0.213 e. The monoisotopic (exact) mass is 211 g/mol. The summed E-state index contributed by atoms with van der Waals surface area (Å²) in [6.07, 6.45) is 2.70. The first-order chi connectivity index (χ1) is 6.53. The molecule has 0 saturated heterocycles. The van der Waals surface area contributed by atoms with E-state index in [2.05, 4.69) is 11.3 Å². The lowest BCUT2D eigenvalue weighted by Gasteiger charge is -2.12. The molecule has 1 rings (SSSR count). The van der Waals surface area contributed by atoms with Gasteiger partial charge in [-0.3, -0.25) is 0 Å². The lowest BCUT2D eigenvalue weighted by molar-refractivity contribution is 0.580. The standard InChI is InChI=1S/C10H13NO2S/c1-3-10(11-14(2,12)13)9-7-5-4-6-8-9/h3-8,10-11H,1H2,2H3. The molecule has 0 spiro atoms. The van der Waals surface area contributed by atoms with Gasteiger partial charge in [-0.15, -0.1) is 6.58 Å². The first-order valence-electron chi connectivity index (χ1n) is 4.18. The quantitative estimate of drug-likeness (QED) is 0.766. The van der Waals surface area contributed by atoms with E-state index in [1.165, 1.54) is 0 Å². The van der Waals surface area contributed by atoms with Crippen LogP contribution in [-0.4, -0.2) is 14.7 Å². The van der Waals surface area contributed by atoms with Crippen molar-refractivity contribution in [3.8, 4) is 0 Å². The van der Waals surface area contributed by atoms with Gasteiger partial charge in [-0.1, -0.05) is 36.4 Å². The molecule has 14 heavy (non-hydrogen) atoms. The lowest BCUT2D eigenvalue weighted by Crippen LogP contribution is -2.25. The van der Waals surface area contributed by atoms with Crippen molar-refractivity contribution in [2.45, 2.75) is 6.04 Å². The molecule has 0 heterocycles. The minimum absolute atomic E-state index is 0.355. The Morgan fingerprint density at radius 2 is 1.93 bits per heavy atom. The highest BCUT2D eigenvalue weighted by Gasteiger charge is 2.11. The van der Waals surface area contributed by atoms with E-state index in [4.69, 9.17) is 0 Å². The SMILES string of the molecule is C=CC(NS(C)(=O)=O)c1ccccc1. The highest BCUT2D eigenvalue weighted by Crippen LogP contribution is 2.13. The Labute approximate surface area is 84.5 Å². The Kier molecular flexibility index (Phi) is 3.43. The van der Waals surface area contributed by atoms with E-state index >= 15 is 0 Å². The second-order valence-corrected chi connectivity index (χ2v) is 4.79. The second-order valence-electron chi connectivity index (χ2n) is 3.01. The molecule has 1 N–H and O–H groups in total. The van der Waals surface area contributed by atoms with Crippen molar-refractivity contribution in [1.29, 1.82) is 0 Å². The van der Waals surface area contributed by atoms with Gasteiger partial charge >= 0.3 is 0 Å². The summed E-state index contributed by atoms with van der Waals surface area (Å²) in [6, 6.07) is 8.94. The molecule has 0 fully saturated rings. The predicted molar refractivity (Wildman–Crippen MR) is 57.4 cm³/mol. The van der Waals surface area contributed by atoms with Crippen LogP contribution in [0, 0.1) is 0 Å². The van der Waals surface area contributed by atoms with Crippen LogP contribution < -0.4 is 4.72 Å². The van der Waals surface area contributed by atoms with Gasteiger partial charge in [0.2, 0.25) is 10.0 Å². The average Bonchev–Trinajstić information content (AvgIpc) is 2.14. The van der Waals surface area contributed by atoms with Crippen LogP contribution >= 0.6 is 0 Å². The van der Waals surface area contributed by atoms with Crippen LogP contribution in [0.15, 0.2) is 43.0 Å². The molecule has 0 aliphatic rings. The number of sulfonamides is 1. The highest BCUT2D eigenvalue weighted by molar-refractivity contribution is 7.88. The zero-order valence-electron chi connectivity index (χ0n) is 7.97. The zero-order valence-corrected chi connectivity index (χ0v) is 8.79. The fourth-order valence-corrected chi connectivity index (χ4v) is 1.84. The molecule has 1 aromatic carbocycles. The third-order valence-electron chi connectivity index (χ3n) is 1.74. The molecule has 1 aromatic rings. The van der Waals surface area contributed by atoms with Crippen LogP contribution in [0.4, 0.5) is 0 Å². The number of nitrogens with one attached hydrogen (secondary N) is 1. The van der Waals surface area contributed by atoms with E-state index in [-0.39, 0.29) is 6.04 Å². The minimum Gasteiger partial charge on any atom is -0.213 e. The van der Waals surface area contributed by atoms with Crippen LogP contribution in [0.25, 0.3) is 0 Å². The Morgan fingerprint density at radius 3 is 2.36 bits per heavy atom. The van der Waals surface area contributed by atoms with Crippen LogP contribution in [0.3, 0.4) is 0 Å². The summed E-state index contributed by atoms with van der Waals surface area (Å²) in [4.78, 5) is 0. The first kappa shape index (κ1) is 10.9. The van der Waals surface area contributed by atoms with E-state index in [9.17, 15) is 8.42 Å². The summed E-state index contributed by atoms with van der Waals surface area (Å²) in [5.74, 6) is 0. The Hall–Kier alpha value is -1.13. The number of rotatable bonds is 4. The van der Waals surface area contributed by atoms with Crippen LogP contribution in [-0.2, 0) is 10.0 Å². The number of hydrogen-bond donors (Lipinski definition) is 1. The van der Waals surface area contributed by atoms with E-state index < -0.39 is 10.0 Å². The van der Waals surface area contributed by atoms with Crippen molar-refractivity contribution < 1.29 is 8.42 Å². The lowest BCUT2D eigenvalue weighted by atomic mass is 10.1. The fourth-order valence-electron chi connectivity index (χ4n) is 1.14. The normalized spacial score (nSPS) is 13.5. The van der Waals surface area contributed by atoms with Crippen molar-refractivity contribution >= 4 is 10.0 Å². The maximum Gasteiger partial charge on any atom is 0.209 e. The van der Waals surface area contributed by atoms with Gasteiger partial charge in [-0.2, -0.15) is 0 Å². The molecule has 4 heteroatoms. The maximum absolute atomic E-state index is 11.0. The van der Waals surface area contributed by atoms with Gasteiger partial charge in [0.25, 0.3) is 0 Å². The molecule has 1 atom stereocenters. The third kappa shape index (κ3) is 3.32. The zero-order chi connectivity index (χ0) is 10.6. The molecule has 0 bridgehead atoms. The number of benzene rings is 1. The Bertz CT molecular complexity index is 397. The summed E-state index contributed by atoms with van der Waals surface area (Å²) in [5.41, 5.74) is 0.882. The van der Waals surface area contributed by atoms with Gasteiger partial charge in [0.05, 0.1) is 12.3 Å². The molecule has 0 amide bonds.